The summed E-state index contributed by atoms with van der Waals surface area (Å²) in [4.78, 5) is 17.1. The molecule has 3 N–H and O–H groups in total. The Balaban J connectivity index is 2.05. The van der Waals surface area contributed by atoms with Gasteiger partial charge in [-0.1, -0.05) is 13.3 Å². The van der Waals surface area contributed by atoms with Crippen molar-refractivity contribution in [1.82, 2.24) is 9.88 Å². The zero-order valence-electron chi connectivity index (χ0n) is 9.95. The minimum absolute atomic E-state index is 0.0704. The predicted octanol–water partition coefficient (Wildman–Crippen LogP) is 1.98. The molecule has 0 aliphatic carbocycles. The lowest BCUT2D eigenvalue weighted by molar-refractivity contribution is 0.0644. The molecule has 0 saturated carbocycles. The van der Waals surface area contributed by atoms with Crippen molar-refractivity contribution in [3.05, 3.63) is 22.4 Å². The number of aromatic nitrogens is 1. The highest BCUT2D eigenvalue weighted by Crippen LogP contribution is 2.21. The smallest absolute Gasteiger partial charge is 0.270 e. The number of likely N-dealkylation sites (tertiary alicyclic amines) is 1. The first kappa shape index (κ1) is 12.6. The number of hydrogen-bond donors (Lipinski definition) is 2. The van der Waals surface area contributed by atoms with Crippen LogP contribution in [-0.4, -0.2) is 34.9 Å². The van der Waals surface area contributed by atoms with Crippen molar-refractivity contribution in [3.8, 4) is 0 Å². The molecule has 94 valence electrons. The van der Waals surface area contributed by atoms with E-state index >= 15 is 0 Å². The van der Waals surface area contributed by atoms with Gasteiger partial charge in [0.15, 0.2) is 0 Å². The number of hydrogen-bond acceptors (Lipinski definition) is 2. The van der Waals surface area contributed by atoms with E-state index in [1.807, 2.05) is 11.0 Å². The Kier molecular flexibility index (Phi) is 3.89. The van der Waals surface area contributed by atoms with E-state index in [0.717, 1.165) is 30.4 Å². The number of carbonyl (C=O) groups excluding carboxylic acids is 1. The molecule has 1 aromatic rings. The molecule has 4 nitrogen and oxygen atoms in total. The van der Waals surface area contributed by atoms with Gasteiger partial charge < -0.3 is 15.6 Å². The zero-order valence-corrected chi connectivity index (χ0v) is 11.5. The zero-order chi connectivity index (χ0) is 12.4. The summed E-state index contributed by atoms with van der Waals surface area (Å²) in [6, 6.07) is 2.05. The molecule has 1 saturated heterocycles. The highest BCUT2D eigenvalue weighted by molar-refractivity contribution is 9.10. The summed E-state index contributed by atoms with van der Waals surface area (Å²) in [7, 11) is 0. The van der Waals surface area contributed by atoms with Crippen molar-refractivity contribution in [3.63, 3.8) is 0 Å². The Morgan fingerprint density at radius 3 is 3.06 bits per heavy atom. The third-order valence-corrected chi connectivity index (χ3v) is 3.94. The van der Waals surface area contributed by atoms with Crippen molar-refractivity contribution in [1.29, 1.82) is 0 Å². The Bertz CT molecular complexity index is 404. The molecule has 17 heavy (non-hydrogen) atoms. The summed E-state index contributed by atoms with van der Waals surface area (Å²) >= 11 is 3.34. The van der Waals surface area contributed by atoms with Crippen molar-refractivity contribution < 1.29 is 4.79 Å². The van der Waals surface area contributed by atoms with Gasteiger partial charge in [0.1, 0.15) is 5.69 Å². The summed E-state index contributed by atoms with van der Waals surface area (Å²) in [6.45, 7) is 3.66. The van der Waals surface area contributed by atoms with Crippen LogP contribution in [0.15, 0.2) is 16.7 Å². The van der Waals surface area contributed by atoms with E-state index in [4.69, 9.17) is 5.73 Å². The monoisotopic (exact) mass is 299 g/mol. The number of nitrogens with one attached hydrogen (secondary N) is 1. The van der Waals surface area contributed by atoms with E-state index in [1.54, 1.807) is 6.20 Å². The number of nitrogens with two attached hydrogens (primary N) is 1. The summed E-state index contributed by atoms with van der Waals surface area (Å²) in [5.41, 5.74) is 6.68. The van der Waals surface area contributed by atoms with Crippen molar-refractivity contribution in [2.75, 3.05) is 13.1 Å². The molecular formula is C12H18BrN3O. The third kappa shape index (κ3) is 2.72. The van der Waals surface area contributed by atoms with E-state index in [9.17, 15) is 4.79 Å². The second kappa shape index (κ2) is 5.23. The van der Waals surface area contributed by atoms with Crippen LogP contribution in [0, 0.1) is 5.92 Å². The average Bonchev–Trinajstić information content (AvgIpc) is 2.75. The molecule has 0 radical (unpaired) electrons. The molecule has 5 heteroatoms. The van der Waals surface area contributed by atoms with Crippen LogP contribution in [0.25, 0.3) is 0 Å². The second-order valence-corrected chi connectivity index (χ2v) is 5.52. The van der Waals surface area contributed by atoms with Gasteiger partial charge in [-0.25, -0.2) is 0 Å². The van der Waals surface area contributed by atoms with Gasteiger partial charge in [-0.15, -0.1) is 0 Å². The van der Waals surface area contributed by atoms with Gasteiger partial charge in [0.05, 0.1) is 0 Å². The molecule has 0 aromatic carbocycles. The van der Waals surface area contributed by atoms with Crippen LogP contribution >= 0.6 is 15.9 Å². The summed E-state index contributed by atoms with van der Waals surface area (Å²) in [5.74, 6) is 0.493. The maximum atomic E-state index is 12.2. The molecule has 1 aliphatic rings. The second-order valence-electron chi connectivity index (χ2n) is 4.60. The molecule has 1 fully saturated rings. The molecule has 1 amide bonds. The van der Waals surface area contributed by atoms with Crippen molar-refractivity contribution in [2.24, 2.45) is 11.7 Å². The van der Waals surface area contributed by atoms with Crippen molar-refractivity contribution in [2.45, 2.75) is 25.8 Å². The molecule has 0 spiro atoms. The van der Waals surface area contributed by atoms with Crippen molar-refractivity contribution >= 4 is 21.8 Å². The number of nitrogens with zero attached hydrogens (tertiary/aromatic N) is 1. The fourth-order valence-corrected chi connectivity index (χ4v) is 2.67. The Morgan fingerprint density at radius 2 is 2.47 bits per heavy atom. The molecule has 1 aromatic heterocycles. The first-order chi connectivity index (χ1) is 8.11. The standard InChI is InChI=1S/C12H18BrN3O/c1-2-8-7-16(4-3-10(8)14)12(17)11-5-9(13)6-15-11/h5-6,8,10,15H,2-4,7,14H2,1H3. The van der Waals surface area contributed by atoms with Crippen LogP contribution in [-0.2, 0) is 0 Å². The normalized spacial score (nSPS) is 25.0. The predicted molar refractivity (Wildman–Crippen MR) is 70.8 cm³/mol. The van der Waals surface area contributed by atoms with Crippen LogP contribution in [0.5, 0.6) is 0 Å². The number of piperidine rings is 1. The first-order valence-electron chi connectivity index (χ1n) is 6.00. The van der Waals surface area contributed by atoms with Gasteiger partial charge in [-0.3, -0.25) is 4.79 Å². The number of halogens is 1. The molecule has 0 bridgehead atoms. The Labute approximate surface area is 110 Å². The van der Waals surface area contributed by atoms with Gasteiger partial charge in [0, 0.05) is 29.8 Å². The maximum Gasteiger partial charge on any atom is 0.270 e. The average molecular weight is 300 g/mol. The Hall–Kier alpha value is -0.810. The van der Waals surface area contributed by atoms with E-state index < -0.39 is 0 Å². The van der Waals surface area contributed by atoms with Gasteiger partial charge in [-0.05, 0) is 34.3 Å². The van der Waals surface area contributed by atoms with Crippen LogP contribution in [0.3, 0.4) is 0 Å². The molecule has 1 aliphatic heterocycles. The van der Waals surface area contributed by atoms with Gasteiger partial charge in [-0.2, -0.15) is 0 Å². The summed E-state index contributed by atoms with van der Waals surface area (Å²) in [6.07, 6.45) is 3.70. The quantitative estimate of drug-likeness (QED) is 0.877. The molecular weight excluding hydrogens is 282 g/mol. The largest absolute Gasteiger partial charge is 0.356 e. The minimum atomic E-state index is 0.0704. The highest BCUT2D eigenvalue weighted by Gasteiger charge is 2.28. The number of carbonyl (C=O) groups is 1. The third-order valence-electron chi connectivity index (χ3n) is 3.48. The lowest BCUT2D eigenvalue weighted by Crippen LogP contribution is -2.49. The number of rotatable bonds is 2. The number of H-pyrrole nitrogens is 1. The van der Waals surface area contributed by atoms with Crippen LogP contribution in [0.4, 0.5) is 0 Å². The van der Waals surface area contributed by atoms with Gasteiger partial charge in [0.2, 0.25) is 0 Å². The van der Waals surface area contributed by atoms with Crippen LogP contribution in [0.2, 0.25) is 0 Å². The number of amides is 1. The van der Waals surface area contributed by atoms with E-state index in [2.05, 4.69) is 27.8 Å². The van der Waals surface area contributed by atoms with Crippen LogP contribution < -0.4 is 5.73 Å². The molecule has 2 atom stereocenters. The van der Waals surface area contributed by atoms with Gasteiger partial charge in [0.25, 0.3) is 5.91 Å². The van der Waals surface area contributed by atoms with Gasteiger partial charge >= 0.3 is 0 Å². The fraction of sp³-hybridized carbons (Fsp3) is 0.583. The lowest BCUT2D eigenvalue weighted by Gasteiger charge is -2.36. The molecule has 2 heterocycles. The fourth-order valence-electron chi connectivity index (χ4n) is 2.33. The van der Waals surface area contributed by atoms with E-state index in [1.165, 1.54) is 0 Å². The lowest BCUT2D eigenvalue weighted by atomic mass is 9.90. The SMILES string of the molecule is CCC1CN(C(=O)c2cc(Br)c[nH]2)CCC1N. The number of aromatic amines is 1. The molecule has 2 unspecified atom stereocenters. The highest BCUT2D eigenvalue weighted by atomic mass is 79.9. The van der Waals surface area contributed by atoms with E-state index in [-0.39, 0.29) is 11.9 Å². The minimum Gasteiger partial charge on any atom is -0.356 e. The maximum absolute atomic E-state index is 12.2. The summed E-state index contributed by atoms with van der Waals surface area (Å²) < 4.78 is 0.904. The summed E-state index contributed by atoms with van der Waals surface area (Å²) in [5, 5.41) is 0. The Morgan fingerprint density at radius 1 is 1.71 bits per heavy atom. The molecule has 2 rings (SSSR count). The van der Waals surface area contributed by atoms with Crippen LogP contribution in [0.1, 0.15) is 30.3 Å². The topological polar surface area (TPSA) is 62.1 Å². The van der Waals surface area contributed by atoms with E-state index in [0.29, 0.717) is 11.6 Å². The first-order valence-corrected chi connectivity index (χ1v) is 6.80.